The minimum absolute atomic E-state index is 0.142. The van der Waals surface area contributed by atoms with Gasteiger partial charge in [0.15, 0.2) is 0 Å². The minimum Gasteiger partial charge on any atom is -0.397 e. The molecule has 1 heterocycles. The van der Waals surface area contributed by atoms with Gasteiger partial charge in [-0.05, 0) is 46.6 Å². The quantitative estimate of drug-likeness (QED) is 0.816. The molecule has 88 valence electrons. The van der Waals surface area contributed by atoms with Crippen molar-refractivity contribution in [3.05, 3.63) is 46.1 Å². The van der Waals surface area contributed by atoms with Crippen LogP contribution in [0.4, 0.5) is 14.5 Å². The second-order valence-corrected chi connectivity index (χ2v) is 4.51. The summed E-state index contributed by atoms with van der Waals surface area (Å²) in [6, 6.07) is 4.14. The Morgan fingerprint density at radius 1 is 1.29 bits per heavy atom. The van der Waals surface area contributed by atoms with Gasteiger partial charge in [0, 0.05) is 0 Å². The maximum absolute atomic E-state index is 13.9. The largest absolute Gasteiger partial charge is 0.397 e. The van der Waals surface area contributed by atoms with Gasteiger partial charge in [0.1, 0.15) is 11.6 Å². The van der Waals surface area contributed by atoms with E-state index in [1.807, 2.05) is 0 Å². The molecule has 0 fully saturated rings. The molecule has 0 saturated carbocycles. The molecule has 1 aromatic heterocycles. The number of rotatable bonds is 1. The zero-order valence-corrected chi connectivity index (χ0v) is 10.6. The Morgan fingerprint density at radius 2 is 2.00 bits per heavy atom. The average Bonchev–Trinajstić information content (AvgIpc) is 2.27. The van der Waals surface area contributed by atoms with Crippen molar-refractivity contribution in [2.75, 3.05) is 5.73 Å². The van der Waals surface area contributed by atoms with E-state index in [4.69, 9.17) is 5.73 Å². The molecule has 0 atom stereocenters. The van der Waals surface area contributed by atoms with E-state index in [2.05, 4.69) is 20.9 Å². The molecule has 0 aliphatic carbocycles. The van der Waals surface area contributed by atoms with Crippen LogP contribution in [-0.4, -0.2) is 4.98 Å². The number of halogens is 3. The number of benzene rings is 1. The first-order chi connectivity index (χ1) is 8.00. The van der Waals surface area contributed by atoms with Crippen LogP contribution in [0.1, 0.15) is 5.56 Å². The van der Waals surface area contributed by atoms with Crippen LogP contribution in [0.25, 0.3) is 11.3 Å². The number of aromatic nitrogens is 1. The van der Waals surface area contributed by atoms with Crippen molar-refractivity contribution < 1.29 is 8.78 Å². The first-order valence-electron chi connectivity index (χ1n) is 4.86. The van der Waals surface area contributed by atoms with Gasteiger partial charge < -0.3 is 5.73 Å². The molecule has 5 heteroatoms. The SMILES string of the molecule is Cc1cc(N)cnc1-c1c(F)ccc(Br)c1F. The molecule has 2 rings (SSSR count). The summed E-state index contributed by atoms with van der Waals surface area (Å²) in [6.07, 6.45) is 1.38. The zero-order valence-electron chi connectivity index (χ0n) is 8.97. The number of anilines is 1. The highest BCUT2D eigenvalue weighted by molar-refractivity contribution is 9.10. The predicted octanol–water partition coefficient (Wildman–Crippen LogP) is 3.68. The van der Waals surface area contributed by atoms with Gasteiger partial charge in [-0.15, -0.1) is 0 Å². The van der Waals surface area contributed by atoms with Gasteiger partial charge in [0.2, 0.25) is 0 Å². The summed E-state index contributed by atoms with van der Waals surface area (Å²) >= 11 is 3.02. The van der Waals surface area contributed by atoms with Crippen LogP contribution in [-0.2, 0) is 0 Å². The van der Waals surface area contributed by atoms with Crippen molar-refractivity contribution >= 4 is 21.6 Å². The van der Waals surface area contributed by atoms with Gasteiger partial charge in [-0.1, -0.05) is 0 Å². The van der Waals surface area contributed by atoms with Crippen molar-refractivity contribution in [1.29, 1.82) is 0 Å². The van der Waals surface area contributed by atoms with Crippen LogP contribution >= 0.6 is 15.9 Å². The molecular formula is C12H9BrF2N2. The third kappa shape index (κ3) is 2.15. The lowest BCUT2D eigenvalue weighted by Gasteiger charge is -2.09. The normalized spacial score (nSPS) is 10.6. The van der Waals surface area contributed by atoms with E-state index in [1.54, 1.807) is 13.0 Å². The molecule has 0 radical (unpaired) electrons. The lowest BCUT2D eigenvalue weighted by molar-refractivity contribution is 0.584. The zero-order chi connectivity index (χ0) is 12.6. The number of aryl methyl sites for hydroxylation is 1. The molecule has 2 aromatic rings. The Morgan fingerprint density at radius 3 is 2.65 bits per heavy atom. The second kappa shape index (κ2) is 4.41. The molecule has 1 aromatic carbocycles. The van der Waals surface area contributed by atoms with Crippen molar-refractivity contribution in [2.45, 2.75) is 6.92 Å². The van der Waals surface area contributed by atoms with E-state index in [9.17, 15) is 8.78 Å². The number of nitrogen functional groups attached to an aromatic ring is 1. The molecule has 0 saturated heterocycles. The van der Waals surface area contributed by atoms with Gasteiger partial charge in [0.05, 0.1) is 27.6 Å². The van der Waals surface area contributed by atoms with Crippen molar-refractivity contribution in [3.63, 3.8) is 0 Å². The van der Waals surface area contributed by atoms with Gasteiger partial charge in [-0.25, -0.2) is 8.78 Å². The maximum atomic E-state index is 13.9. The highest BCUT2D eigenvalue weighted by Gasteiger charge is 2.17. The smallest absolute Gasteiger partial charge is 0.149 e. The molecule has 0 unspecified atom stereocenters. The molecule has 2 N–H and O–H groups in total. The van der Waals surface area contributed by atoms with Crippen LogP contribution in [0.3, 0.4) is 0 Å². The van der Waals surface area contributed by atoms with Crippen molar-refractivity contribution in [1.82, 2.24) is 4.98 Å². The van der Waals surface area contributed by atoms with E-state index in [0.29, 0.717) is 11.3 Å². The predicted molar refractivity (Wildman–Crippen MR) is 66.4 cm³/mol. The van der Waals surface area contributed by atoms with E-state index in [0.717, 1.165) is 0 Å². The first-order valence-corrected chi connectivity index (χ1v) is 5.66. The van der Waals surface area contributed by atoms with E-state index >= 15 is 0 Å². The Balaban J connectivity index is 2.72. The van der Waals surface area contributed by atoms with Gasteiger partial charge in [-0.3, -0.25) is 4.98 Å². The maximum Gasteiger partial charge on any atom is 0.149 e. The molecular weight excluding hydrogens is 290 g/mol. The number of hydrogen-bond acceptors (Lipinski definition) is 2. The fraction of sp³-hybridized carbons (Fsp3) is 0.0833. The fourth-order valence-electron chi connectivity index (χ4n) is 1.60. The van der Waals surface area contributed by atoms with Gasteiger partial charge in [0.25, 0.3) is 0 Å². The molecule has 17 heavy (non-hydrogen) atoms. The van der Waals surface area contributed by atoms with Crippen LogP contribution in [0, 0.1) is 18.6 Å². The summed E-state index contributed by atoms with van der Waals surface area (Å²) in [5.74, 6) is -1.31. The Bertz CT molecular complexity index is 585. The summed E-state index contributed by atoms with van der Waals surface area (Å²) in [4.78, 5) is 3.98. The van der Waals surface area contributed by atoms with E-state index in [-0.39, 0.29) is 15.7 Å². The summed E-state index contributed by atoms with van der Waals surface area (Å²) in [6.45, 7) is 1.71. The fourth-order valence-corrected chi connectivity index (χ4v) is 1.93. The molecule has 0 spiro atoms. The summed E-state index contributed by atoms with van der Waals surface area (Å²) in [5, 5.41) is 0. The van der Waals surface area contributed by atoms with Crippen molar-refractivity contribution in [2.24, 2.45) is 0 Å². The Kier molecular flexibility index (Phi) is 3.11. The van der Waals surface area contributed by atoms with Crippen LogP contribution in [0.2, 0.25) is 0 Å². The van der Waals surface area contributed by atoms with Crippen LogP contribution in [0.5, 0.6) is 0 Å². The second-order valence-electron chi connectivity index (χ2n) is 3.65. The van der Waals surface area contributed by atoms with Crippen molar-refractivity contribution in [3.8, 4) is 11.3 Å². The monoisotopic (exact) mass is 298 g/mol. The van der Waals surface area contributed by atoms with E-state index in [1.165, 1.54) is 18.3 Å². The number of pyridine rings is 1. The van der Waals surface area contributed by atoms with Crippen LogP contribution in [0.15, 0.2) is 28.9 Å². The lowest BCUT2D eigenvalue weighted by Crippen LogP contribution is -1.98. The topological polar surface area (TPSA) is 38.9 Å². The number of nitrogens with zero attached hydrogens (tertiary/aromatic N) is 1. The van der Waals surface area contributed by atoms with E-state index < -0.39 is 11.6 Å². The Hall–Kier alpha value is -1.49. The molecule has 0 amide bonds. The third-order valence-electron chi connectivity index (χ3n) is 2.38. The summed E-state index contributed by atoms with van der Waals surface area (Å²) in [5.41, 5.74) is 6.76. The highest BCUT2D eigenvalue weighted by atomic mass is 79.9. The standard InChI is InChI=1S/C12H9BrF2N2/c1-6-4-7(16)5-17-12(6)10-9(14)3-2-8(13)11(10)15/h2-5H,16H2,1H3. The van der Waals surface area contributed by atoms with Gasteiger partial charge >= 0.3 is 0 Å². The third-order valence-corrected chi connectivity index (χ3v) is 2.99. The molecule has 0 aliphatic heterocycles. The molecule has 2 nitrogen and oxygen atoms in total. The summed E-state index contributed by atoms with van der Waals surface area (Å²) < 4.78 is 27.7. The number of hydrogen-bond donors (Lipinski definition) is 1. The molecule has 0 aliphatic rings. The van der Waals surface area contributed by atoms with Crippen LogP contribution < -0.4 is 5.73 Å². The van der Waals surface area contributed by atoms with Gasteiger partial charge in [-0.2, -0.15) is 0 Å². The Labute approximate surface area is 106 Å². The average molecular weight is 299 g/mol. The lowest BCUT2D eigenvalue weighted by atomic mass is 10.1. The minimum atomic E-state index is -0.662. The first kappa shape index (κ1) is 12.0. The highest BCUT2D eigenvalue weighted by Crippen LogP contribution is 2.31. The number of nitrogens with two attached hydrogens (primary N) is 1. The molecule has 0 bridgehead atoms. The summed E-state index contributed by atoms with van der Waals surface area (Å²) in [7, 11) is 0.